The summed E-state index contributed by atoms with van der Waals surface area (Å²) in [5, 5.41) is 11.8. The van der Waals surface area contributed by atoms with E-state index in [1.165, 1.54) is 6.07 Å². The fourth-order valence-electron chi connectivity index (χ4n) is 4.22. The Morgan fingerprint density at radius 2 is 1.75 bits per heavy atom. The van der Waals surface area contributed by atoms with Crippen molar-refractivity contribution in [3.8, 4) is 5.69 Å². The monoisotopic (exact) mass is 503 g/mol. The maximum absolute atomic E-state index is 13.0. The molecule has 1 aliphatic rings. The average molecular weight is 504 g/mol. The van der Waals surface area contributed by atoms with Gasteiger partial charge in [0, 0.05) is 17.1 Å². The van der Waals surface area contributed by atoms with E-state index < -0.39 is 23.0 Å². The Morgan fingerprint density at radius 3 is 2.44 bits per heavy atom. The van der Waals surface area contributed by atoms with Gasteiger partial charge in [0.15, 0.2) is 0 Å². The SMILES string of the molecule is Cc1ccc(NC(=O)CN2C(=O)S/C(=C\c3cc(C)n(-c4ccccc4C(=O)O)c3C)C2=O)c(C)c1. The third-order valence-electron chi connectivity index (χ3n) is 5.96. The highest BCUT2D eigenvalue weighted by atomic mass is 32.2. The fraction of sp³-hybridized carbons (Fsp3) is 0.185. The van der Waals surface area contributed by atoms with Gasteiger partial charge in [0.25, 0.3) is 11.1 Å². The van der Waals surface area contributed by atoms with E-state index in [4.69, 9.17) is 0 Å². The van der Waals surface area contributed by atoms with Crippen molar-refractivity contribution in [2.75, 3.05) is 11.9 Å². The van der Waals surface area contributed by atoms with Crippen LogP contribution in [0.5, 0.6) is 0 Å². The molecule has 4 rings (SSSR count). The van der Waals surface area contributed by atoms with Crippen LogP contribution in [0.25, 0.3) is 11.8 Å². The predicted octanol–water partition coefficient (Wildman–Crippen LogP) is 5.08. The summed E-state index contributed by atoms with van der Waals surface area (Å²) < 4.78 is 1.80. The van der Waals surface area contributed by atoms with Crippen molar-refractivity contribution in [3.63, 3.8) is 0 Å². The molecule has 3 aromatic rings. The van der Waals surface area contributed by atoms with Crippen molar-refractivity contribution in [3.05, 3.63) is 87.1 Å². The molecule has 0 unspecified atom stereocenters. The maximum Gasteiger partial charge on any atom is 0.337 e. The van der Waals surface area contributed by atoms with Gasteiger partial charge in [-0.3, -0.25) is 19.3 Å². The molecular weight excluding hydrogens is 478 g/mol. The molecule has 2 N–H and O–H groups in total. The van der Waals surface area contributed by atoms with Crippen molar-refractivity contribution in [2.24, 2.45) is 0 Å². The Labute approximate surface area is 212 Å². The van der Waals surface area contributed by atoms with E-state index in [2.05, 4.69) is 5.32 Å². The van der Waals surface area contributed by atoms with Crippen LogP contribution in [0.15, 0.2) is 53.4 Å². The number of hydrogen-bond acceptors (Lipinski definition) is 5. The number of nitrogens with one attached hydrogen (secondary N) is 1. The number of hydrogen-bond donors (Lipinski definition) is 2. The van der Waals surface area contributed by atoms with Crippen molar-refractivity contribution in [2.45, 2.75) is 27.7 Å². The van der Waals surface area contributed by atoms with E-state index in [1.54, 1.807) is 34.9 Å². The van der Waals surface area contributed by atoms with Gasteiger partial charge in [0.1, 0.15) is 6.54 Å². The van der Waals surface area contributed by atoms with Crippen molar-refractivity contribution in [1.82, 2.24) is 9.47 Å². The van der Waals surface area contributed by atoms with Gasteiger partial charge in [0.2, 0.25) is 5.91 Å². The minimum absolute atomic E-state index is 0.154. The summed E-state index contributed by atoms with van der Waals surface area (Å²) in [4.78, 5) is 50.9. The number of carbonyl (C=O) groups excluding carboxylic acids is 3. The number of amides is 3. The van der Waals surface area contributed by atoms with E-state index in [-0.39, 0.29) is 17.0 Å². The molecule has 36 heavy (non-hydrogen) atoms. The molecular formula is C27H25N3O5S. The molecule has 1 aromatic heterocycles. The van der Waals surface area contributed by atoms with E-state index in [1.807, 2.05) is 45.9 Å². The van der Waals surface area contributed by atoms with Crippen LogP contribution in [0.1, 0.15) is 38.4 Å². The molecule has 0 atom stereocenters. The maximum atomic E-state index is 13.0. The second kappa shape index (κ2) is 9.87. The Kier molecular flexibility index (Phi) is 6.85. The zero-order valence-electron chi connectivity index (χ0n) is 20.3. The first-order valence-corrected chi connectivity index (χ1v) is 12.0. The summed E-state index contributed by atoms with van der Waals surface area (Å²) in [6.07, 6.45) is 1.61. The topological polar surface area (TPSA) is 109 Å². The number of carboxylic acid groups (broad SMARTS) is 1. The van der Waals surface area contributed by atoms with E-state index in [0.717, 1.165) is 39.2 Å². The standard InChI is InChI=1S/C27H25N3O5S/c1-15-9-10-21(16(2)11-15)28-24(31)14-29-25(32)23(36-27(29)35)13-19-12-17(3)30(18(19)4)22-8-6-5-7-20(22)26(33)34/h5-13H,14H2,1-4H3,(H,28,31)(H,33,34)/b23-13-. The Hall–Kier alpha value is -4.11. The van der Waals surface area contributed by atoms with Gasteiger partial charge in [-0.05, 0) is 80.9 Å². The smallest absolute Gasteiger partial charge is 0.337 e. The molecule has 1 saturated heterocycles. The third-order valence-corrected chi connectivity index (χ3v) is 6.87. The van der Waals surface area contributed by atoms with Gasteiger partial charge >= 0.3 is 5.97 Å². The third kappa shape index (κ3) is 4.83. The Morgan fingerprint density at radius 1 is 1.03 bits per heavy atom. The number of carbonyl (C=O) groups is 4. The quantitative estimate of drug-likeness (QED) is 0.454. The van der Waals surface area contributed by atoms with Crippen LogP contribution in [-0.2, 0) is 9.59 Å². The van der Waals surface area contributed by atoms with Crippen LogP contribution in [0, 0.1) is 27.7 Å². The van der Waals surface area contributed by atoms with Crippen LogP contribution < -0.4 is 5.32 Å². The number of thioether (sulfide) groups is 1. The van der Waals surface area contributed by atoms with Gasteiger partial charge in [-0.25, -0.2) is 4.79 Å². The van der Waals surface area contributed by atoms with Crippen LogP contribution in [0.4, 0.5) is 10.5 Å². The second-order valence-corrected chi connectivity index (χ2v) is 9.61. The molecule has 9 heteroatoms. The summed E-state index contributed by atoms with van der Waals surface area (Å²) in [7, 11) is 0. The Balaban J connectivity index is 1.56. The number of para-hydroxylation sites is 1. The number of rotatable bonds is 6. The van der Waals surface area contributed by atoms with E-state index in [9.17, 15) is 24.3 Å². The number of carboxylic acids is 1. The Bertz CT molecular complexity index is 1450. The molecule has 2 heterocycles. The molecule has 8 nitrogen and oxygen atoms in total. The molecule has 0 spiro atoms. The molecule has 0 radical (unpaired) electrons. The summed E-state index contributed by atoms with van der Waals surface area (Å²) in [5.74, 6) is -2.05. The molecule has 1 aliphatic heterocycles. The molecule has 0 saturated carbocycles. The lowest BCUT2D eigenvalue weighted by Crippen LogP contribution is -2.36. The number of imide groups is 1. The highest BCUT2D eigenvalue weighted by Crippen LogP contribution is 2.34. The zero-order valence-corrected chi connectivity index (χ0v) is 21.1. The lowest BCUT2D eigenvalue weighted by Gasteiger charge is -2.14. The summed E-state index contributed by atoms with van der Waals surface area (Å²) in [5.41, 5.74) is 5.42. The minimum atomic E-state index is -1.04. The lowest BCUT2D eigenvalue weighted by molar-refractivity contribution is -0.127. The second-order valence-electron chi connectivity index (χ2n) is 8.62. The van der Waals surface area contributed by atoms with Gasteiger partial charge in [-0.2, -0.15) is 0 Å². The molecule has 2 aromatic carbocycles. The van der Waals surface area contributed by atoms with Gasteiger partial charge in [-0.15, -0.1) is 0 Å². The van der Waals surface area contributed by atoms with Crippen molar-refractivity contribution in [1.29, 1.82) is 0 Å². The van der Waals surface area contributed by atoms with E-state index >= 15 is 0 Å². The fourth-order valence-corrected chi connectivity index (χ4v) is 5.05. The first-order valence-electron chi connectivity index (χ1n) is 11.2. The first-order chi connectivity index (χ1) is 17.1. The number of aromatic carboxylic acids is 1. The predicted molar refractivity (Wildman–Crippen MR) is 139 cm³/mol. The average Bonchev–Trinajstić information content (AvgIpc) is 3.24. The van der Waals surface area contributed by atoms with Crippen molar-refractivity contribution >= 4 is 46.5 Å². The highest BCUT2D eigenvalue weighted by molar-refractivity contribution is 8.18. The molecule has 0 bridgehead atoms. The normalized spacial score (nSPS) is 14.6. The number of nitrogens with zero attached hydrogens (tertiary/aromatic N) is 2. The summed E-state index contributed by atoms with van der Waals surface area (Å²) >= 11 is 0.773. The van der Waals surface area contributed by atoms with Crippen LogP contribution in [-0.4, -0.2) is 44.1 Å². The van der Waals surface area contributed by atoms with Crippen LogP contribution >= 0.6 is 11.8 Å². The van der Waals surface area contributed by atoms with Crippen LogP contribution in [0.3, 0.4) is 0 Å². The largest absolute Gasteiger partial charge is 0.478 e. The minimum Gasteiger partial charge on any atom is -0.478 e. The molecule has 1 fully saturated rings. The number of aryl methyl sites for hydroxylation is 3. The van der Waals surface area contributed by atoms with E-state index in [0.29, 0.717) is 16.9 Å². The molecule has 3 amide bonds. The van der Waals surface area contributed by atoms with Gasteiger partial charge in [0.05, 0.1) is 16.2 Å². The summed E-state index contributed by atoms with van der Waals surface area (Å²) in [6.45, 7) is 7.09. The number of anilines is 1. The highest BCUT2D eigenvalue weighted by Gasteiger charge is 2.36. The van der Waals surface area contributed by atoms with Gasteiger partial charge in [-0.1, -0.05) is 29.8 Å². The van der Waals surface area contributed by atoms with Crippen LogP contribution in [0.2, 0.25) is 0 Å². The van der Waals surface area contributed by atoms with Crippen molar-refractivity contribution < 1.29 is 24.3 Å². The molecule has 184 valence electrons. The number of benzene rings is 2. The zero-order chi connectivity index (χ0) is 26.1. The summed E-state index contributed by atoms with van der Waals surface area (Å²) in [6, 6.07) is 14.1. The first kappa shape index (κ1) is 25.0. The van der Waals surface area contributed by atoms with Gasteiger partial charge < -0.3 is 15.0 Å². The lowest BCUT2D eigenvalue weighted by atomic mass is 10.1. The number of aromatic nitrogens is 1. The molecule has 0 aliphatic carbocycles.